The van der Waals surface area contributed by atoms with Crippen LogP contribution < -0.4 is 10.4 Å². The number of benzene rings is 2. The molecule has 2 aromatic heterocycles. The van der Waals surface area contributed by atoms with E-state index in [0.29, 0.717) is 6.61 Å². The Hall–Kier alpha value is -2.69. The third-order valence-electron chi connectivity index (χ3n) is 5.52. The van der Waals surface area contributed by atoms with Gasteiger partial charge in [-0.2, -0.15) is 5.10 Å². The summed E-state index contributed by atoms with van der Waals surface area (Å²) in [4.78, 5) is 0. The van der Waals surface area contributed by atoms with Crippen LogP contribution in [0.1, 0.15) is 32.0 Å². The molecule has 2 aromatic carbocycles. The van der Waals surface area contributed by atoms with E-state index in [0.717, 1.165) is 11.2 Å². The number of nitrogens with zero attached hydrogens (tertiary/aromatic N) is 2. The van der Waals surface area contributed by atoms with Gasteiger partial charge in [-0.05, 0) is 46.1 Å². The van der Waals surface area contributed by atoms with Gasteiger partial charge >= 0.3 is 0 Å². The Morgan fingerprint density at radius 2 is 1.45 bits per heavy atom. The average molecular weight is 401 g/mol. The molecule has 4 rings (SSSR count). The molecule has 0 saturated heterocycles. The second-order valence-electron chi connectivity index (χ2n) is 8.64. The highest BCUT2D eigenvalue weighted by Gasteiger charge is 2.50. The van der Waals surface area contributed by atoms with Gasteiger partial charge in [0.15, 0.2) is 0 Å². The van der Waals surface area contributed by atoms with Gasteiger partial charge < -0.3 is 4.43 Å². The molecule has 4 aromatic rings. The van der Waals surface area contributed by atoms with Gasteiger partial charge in [0.05, 0.1) is 17.8 Å². The molecule has 0 amide bonds. The summed E-state index contributed by atoms with van der Waals surface area (Å²) < 4.78 is 8.94. The summed E-state index contributed by atoms with van der Waals surface area (Å²) in [5, 5.41) is 7.07. The second kappa shape index (κ2) is 7.62. The van der Waals surface area contributed by atoms with Crippen LogP contribution in [-0.4, -0.2) is 17.9 Å². The molecule has 4 heteroatoms. The molecule has 0 bridgehead atoms. The fourth-order valence-electron chi connectivity index (χ4n) is 4.21. The van der Waals surface area contributed by atoms with Crippen molar-refractivity contribution >= 4 is 24.2 Å². The van der Waals surface area contributed by atoms with Crippen molar-refractivity contribution in [2.24, 2.45) is 0 Å². The van der Waals surface area contributed by atoms with Gasteiger partial charge in [0, 0.05) is 6.20 Å². The quantitative estimate of drug-likeness (QED) is 0.453. The molecule has 0 aliphatic rings. The zero-order valence-electron chi connectivity index (χ0n) is 17.6. The summed E-state index contributed by atoms with van der Waals surface area (Å²) in [6, 6.07) is 27.9. The monoisotopic (exact) mass is 400 g/mol. The fourth-order valence-corrected chi connectivity index (χ4v) is 8.75. The zero-order valence-corrected chi connectivity index (χ0v) is 18.6. The van der Waals surface area contributed by atoms with Crippen LogP contribution >= 0.6 is 0 Å². The molecule has 29 heavy (non-hydrogen) atoms. The first-order valence-electron chi connectivity index (χ1n) is 10.1. The Morgan fingerprint density at radius 3 is 2.00 bits per heavy atom. The van der Waals surface area contributed by atoms with Crippen molar-refractivity contribution in [3.05, 3.63) is 96.3 Å². The third-order valence-corrected chi connectivity index (χ3v) is 10.5. The van der Waals surface area contributed by atoms with Crippen molar-refractivity contribution in [3.63, 3.8) is 0 Å². The lowest BCUT2D eigenvalue weighted by Crippen LogP contribution is -2.66. The van der Waals surface area contributed by atoms with Gasteiger partial charge in [-0.1, -0.05) is 81.4 Å². The second-order valence-corrected chi connectivity index (χ2v) is 12.9. The summed E-state index contributed by atoms with van der Waals surface area (Å²) in [6.07, 6.45) is 2.02. The molecule has 0 unspecified atom stereocenters. The highest BCUT2D eigenvalue weighted by Crippen LogP contribution is 2.37. The van der Waals surface area contributed by atoms with Crippen LogP contribution in [0.3, 0.4) is 0 Å². The average Bonchev–Trinajstić information content (AvgIpc) is 3.08. The highest BCUT2D eigenvalue weighted by molar-refractivity contribution is 6.99. The van der Waals surface area contributed by atoms with Crippen LogP contribution in [0.15, 0.2) is 85.1 Å². The standard InChI is InChI=1S/C25H28N2OSi/c1-20-17-22-18-21(15-16-27(22)26-20)19-28-29(25(2,3)4,23-11-7-5-8-12-23)24-13-9-6-10-14-24/h5-18H,19H2,1-4H3. The van der Waals surface area contributed by atoms with Crippen LogP contribution in [0.5, 0.6) is 0 Å². The molecule has 0 radical (unpaired) electrons. The molecule has 0 aliphatic heterocycles. The maximum atomic E-state index is 7.02. The molecule has 148 valence electrons. The Labute approximate surface area is 174 Å². The van der Waals surface area contributed by atoms with Gasteiger partial charge in [-0.3, -0.25) is 0 Å². The lowest BCUT2D eigenvalue weighted by Gasteiger charge is -2.43. The number of hydrogen-bond acceptors (Lipinski definition) is 2. The van der Waals surface area contributed by atoms with Crippen molar-refractivity contribution in [2.75, 3.05) is 0 Å². The van der Waals surface area contributed by atoms with E-state index in [9.17, 15) is 0 Å². The number of hydrogen-bond donors (Lipinski definition) is 0. The topological polar surface area (TPSA) is 26.5 Å². The van der Waals surface area contributed by atoms with Crippen molar-refractivity contribution < 1.29 is 4.43 Å². The van der Waals surface area contributed by atoms with Crippen LogP contribution in [-0.2, 0) is 11.0 Å². The first-order valence-corrected chi connectivity index (χ1v) is 12.0. The van der Waals surface area contributed by atoms with Crippen LogP contribution in [0, 0.1) is 6.92 Å². The maximum absolute atomic E-state index is 7.02. The minimum Gasteiger partial charge on any atom is -0.403 e. The van der Waals surface area contributed by atoms with Gasteiger partial charge in [-0.15, -0.1) is 0 Å². The molecule has 0 N–H and O–H groups in total. The number of fused-ring (bicyclic) bond motifs is 1. The van der Waals surface area contributed by atoms with E-state index < -0.39 is 8.32 Å². The molecule has 3 nitrogen and oxygen atoms in total. The Morgan fingerprint density at radius 1 is 0.862 bits per heavy atom. The number of aryl methyl sites for hydroxylation is 1. The van der Waals surface area contributed by atoms with Gasteiger partial charge in [0.2, 0.25) is 0 Å². The summed E-state index contributed by atoms with van der Waals surface area (Å²) >= 11 is 0. The molecule has 2 heterocycles. The summed E-state index contributed by atoms with van der Waals surface area (Å²) in [5.74, 6) is 0. The molecule has 0 spiro atoms. The third kappa shape index (κ3) is 3.66. The normalized spacial score (nSPS) is 12.4. The van der Waals surface area contributed by atoms with Gasteiger partial charge in [0.1, 0.15) is 0 Å². The molecular weight excluding hydrogens is 372 g/mol. The number of aromatic nitrogens is 2. The minimum absolute atomic E-state index is 0.0208. The van der Waals surface area contributed by atoms with Crippen LogP contribution in [0.2, 0.25) is 5.04 Å². The van der Waals surface area contributed by atoms with Crippen molar-refractivity contribution in [1.82, 2.24) is 9.61 Å². The predicted molar refractivity (Wildman–Crippen MR) is 122 cm³/mol. The summed E-state index contributed by atoms with van der Waals surface area (Å²) in [6.45, 7) is 9.52. The first-order chi connectivity index (χ1) is 13.9. The van der Waals surface area contributed by atoms with E-state index in [1.807, 2.05) is 17.6 Å². The molecule has 0 atom stereocenters. The Kier molecular flexibility index (Phi) is 5.15. The molecule has 0 aliphatic carbocycles. The SMILES string of the molecule is Cc1cc2cc(CO[Si](c3ccccc3)(c3ccccc3)C(C)(C)C)ccn2n1. The summed E-state index contributed by atoms with van der Waals surface area (Å²) in [7, 11) is -2.52. The lowest BCUT2D eigenvalue weighted by molar-refractivity contribution is 0.286. The number of pyridine rings is 1. The lowest BCUT2D eigenvalue weighted by atomic mass is 10.2. The van der Waals surface area contributed by atoms with Crippen LogP contribution in [0.25, 0.3) is 5.52 Å². The smallest absolute Gasteiger partial charge is 0.261 e. The molecule has 0 fully saturated rings. The van der Waals surface area contributed by atoms with Crippen LogP contribution in [0.4, 0.5) is 0 Å². The Bertz CT molecular complexity index is 1060. The largest absolute Gasteiger partial charge is 0.403 e. The van der Waals surface area contributed by atoms with Crippen molar-refractivity contribution in [2.45, 2.75) is 39.3 Å². The Balaban J connectivity index is 1.79. The van der Waals surface area contributed by atoms with E-state index in [1.54, 1.807) is 0 Å². The molecule has 0 saturated carbocycles. The van der Waals surface area contributed by atoms with E-state index >= 15 is 0 Å². The van der Waals surface area contributed by atoms with Crippen molar-refractivity contribution in [3.8, 4) is 0 Å². The van der Waals surface area contributed by atoms with E-state index in [-0.39, 0.29) is 5.04 Å². The van der Waals surface area contributed by atoms with Gasteiger partial charge in [0.25, 0.3) is 8.32 Å². The zero-order chi connectivity index (χ0) is 20.5. The van der Waals surface area contributed by atoms with E-state index in [2.05, 4.69) is 105 Å². The first kappa shape index (κ1) is 19.6. The molecular formula is C25H28N2OSi. The predicted octanol–water partition coefficient (Wildman–Crippen LogP) is 4.72. The fraction of sp³-hybridized carbons (Fsp3) is 0.240. The van der Waals surface area contributed by atoms with Gasteiger partial charge in [-0.25, -0.2) is 4.52 Å². The summed E-state index contributed by atoms with van der Waals surface area (Å²) in [5.41, 5.74) is 3.30. The maximum Gasteiger partial charge on any atom is 0.261 e. The van der Waals surface area contributed by atoms with E-state index in [4.69, 9.17) is 4.43 Å². The highest BCUT2D eigenvalue weighted by atomic mass is 28.4. The number of rotatable bonds is 5. The minimum atomic E-state index is -2.52. The van der Waals surface area contributed by atoms with E-state index in [1.165, 1.54) is 15.9 Å². The van der Waals surface area contributed by atoms with Crippen molar-refractivity contribution in [1.29, 1.82) is 0 Å².